The summed E-state index contributed by atoms with van der Waals surface area (Å²) in [7, 11) is 0. The summed E-state index contributed by atoms with van der Waals surface area (Å²) < 4.78 is 13.1. The van der Waals surface area contributed by atoms with Crippen molar-refractivity contribution in [3.05, 3.63) is 35.6 Å². The Morgan fingerprint density at radius 2 is 1.70 bits per heavy atom. The molecule has 4 aliphatic carbocycles. The first-order valence-electron chi connectivity index (χ1n) is 7.88. The minimum absolute atomic E-state index is 0.0494. The fourth-order valence-corrected chi connectivity index (χ4v) is 6.48. The van der Waals surface area contributed by atoms with Crippen LogP contribution in [0, 0.1) is 28.5 Å². The SMILES string of the molecule is CC12CC3CC(C1)CC(C(Cl)c1ccc(F)cc1)(C3)C2. The topological polar surface area (TPSA) is 0 Å². The molecule has 0 nitrogen and oxygen atoms in total. The lowest BCUT2D eigenvalue weighted by Gasteiger charge is -2.62. The Morgan fingerprint density at radius 1 is 1.10 bits per heavy atom. The smallest absolute Gasteiger partial charge is 0.123 e. The number of rotatable bonds is 2. The molecule has 0 radical (unpaired) electrons. The molecule has 0 heterocycles. The van der Waals surface area contributed by atoms with Gasteiger partial charge in [0, 0.05) is 0 Å². The van der Waals surface area contributed by atoms with Gasteiger partial charge in [0.05, 0.1) is 5.38 Å². The Labute approximate surface area is 125 Å². The van der Waals surface area contributed by atoms with Crippen molar-refractivity contribution >= 4 is 11.6 Å². The van der Waals surface area contributed by atoms with E-state index in [1.54, 1.807) is 12.1 Å². The van der Waals surface area contributed by atoms with Crippen LogP contribution in [-0.4, -0.2) is 0 Å². The first-order valence-corrected chi connectivity index (χ1v) is 8.31. The lowest BCUT2D eigenvalue weighted by molar-refractivity contribution is -0.103. The fraction of sp³-hybridized carbons (Fsp3) is 0.667. The molecule has 5 rings (SSSR count). The third-order valence-electron chi connectivity index (χ3n) is 6.10. The van der Waals surface area contributed by atoms with Crippen molar-refractivity contribution in [1.82, 2.24) is 0 Å². The normalized spacial score (nSPS) is 43.8. The highest BCUT2D eigenvalue weighted by Gasteiger charge is 2.58. The van der Waals surface area contributed by atoms with Crippen LogP contribution < -0.4 is 0 Å². The zero-order valence-electron chi connectivity index (χ0n) is 12.0. The molecule has 0 N–H and O–H groups in total. The minimum Gasteiger partial charge on any atom is -0.207 e. The highest BCUT2D eigenvalue weighted by Crippen LogP contribution is 2.69. The van der Waals surface area contributed by atoms with E-state index in [1.807, 2.05) is 12.1 Å². The molecule has 3 atom stereocenters. The number of hydrogen-bond acceptors (Lipinski definition) is 0. The molecule has 4 bridgehead atoms. The van der Waals surface area contributed by atoms with Crippen LogP contribution in [0.3, 0.4) is 0 Å². The maximum absolute atomic E-state index is 13.1. The van der Waals surface area contributed by atoms with Gasteiger partial charge in [-0.2, -0.15) is 0 Å². The average molecular weight is 293 g/mol. The van der Waals surface area contributed by atoms with Crippen LogP contribution in [-0.2, 0) is 0 Å². The Bertz CT molecular complexity index is 507. The second-order valence-electron chi connectivity index (χ2n) is 8.05. The van der Waals surface area contributed by atoms with Crippen LogP contribution in [0.25, 0.3) is 0 Å². The van der Waals surface area contributed by atoms with Gasteiger partial charge in [-0.3, -0.25) is 0 Å². The summed E-state index contributed by atoms with van der Waals surface area (Å²) >= 11 is 6.92. The standard InChI is InChI=1S/C18H22ClF/c1-17-7-12-6-13(8-17)10-18(9-12,11-17)16(19)14-2-4-15(20)5-3-14/h2-5,12-13,16H,6-11H2,1H3. The van der Waals surface area contributed by atoms with Crippen LogP contribution in [0.15, 0.2) is 24.3 Å². The second-order valence-corrected chi connectivity index (χ2v) is 8.48. The van der Waals surface area contributed by atoms with E-state index in [0.29, 0.717) is 5.41 Å². The van der Waals surface area contributed by atoms with Gasteiger partial charge >= 0.3 is 0 Å². The molecule has 4 fully saturated rings. The summed E-state index contributed by atoms with van der Waals surface area (Å²) in [6.45, 7) is 2.47. The van der Waals surface area contributed by atoms with Crippen LogP contribution >= 0.6 is 11.6 Å². The quantitative estimate of drug-likeness (QED) is 0.612. The number of alkyl halides is 1. The molecule has 0 spiro atoms. The van der Waals surface area contributed by atoms with Crippen molar-refractivity contribution in [3.8, 4) is 0 Å². The first-order chi connectivity index (χ1) is 9.48. The Hall–Kier alpha value is -0.560. The van der Waals surface area contributed by atoms with E-state index in [2.05, 4.69) is 6.92 Å². The van der Waals surface area contributed by atoms with Crippen molar-refractivity contribution < 1.29 is 4.39 Å². The van der Waals surface area contributed by atoms with Crippen LogP contribution in [0.2, 0.25) is 0 Å². The minimum atomic E-state index is -0.171. The Morgan fingerprint density at radius 3 is 2.25 bits per heavy atom. The predicted molar refractivity (Wildman–Crippen MR) is 80.2 cm³/mol. The highest BCUT2D eigenvalue weighted by atomic mass is 35.5. The van der Waals surface area contributed by atoms with Crippen molar-refractivity contribution in [3.63, 3.8) is 0 Å². The van der Waals surface area contributed by atoms with E-state index < -0.39 is 0 Å². The zero-order chi connectivity index (χ0) is 14.0. The maximum atomic E-state index is 13.1. The largest absolute Gasteiger partial charge is 0.207 e. The van der Waals surface area contributed by atoms with Gasteiger partial charge in [-0.1, -0.05) is 19.1 Å². The molecule has 3 unspecified atom stereocenters. The Balaban J connectivity index is 1.68. The molecule has 20 heavy (non-hydrogen) atoms. The van der Waals surface area contributed by atoms with Gasteiger partial charge in [-0.15, -0.1) is 11.6 Å². The van der Waals surface area contributed by atoms with Crippen LogP contribution in [0.1, 0.15) is 56.4 Å². The van der Waals surface area contributed by atoms with E-state index in [-0.39, 0.29) is 16.6 Å². The van der Waals surface area contributed by atoms with Crippen LogP contribution in [0.4, 0.5) is 4.39 Å². The molecular weight excluding hydrogens is 271 g/mol. The lowest BCUT2D eigenvalue weighted by atomic mass is 9.43. The van der Waals surface area contributed by atoms with Crippen molar-refractivity contribution in [2.24, 2.45) is 22.7 Å². The molecule has 4 saturated carbocycles. The van der Waals surface area contributed by atoms with E-state index in [0.717, 1.165) is 17.4 Å². The lowest BCUT2D eigenvalue weighted by Crippen LogP contribution is -2.52. The van der Waals surface area contributed by atoms with Gasteiger partial charge in [0.1, 0.15) is 5.82 Å². The Kier molecular flexibility index (Phi) is 2.77. The molecule has 1 aromatic rings. The molecule has 108 valence electrons. The summed E-state index contributed by atoms with van der Waals surface area (Å²) in [5.41, 5.74) is 1.88. The summed E-state index contributed by atoms with van der Waals surface area (Å²) in [6, 6.07) is 6.86. The second kappa shape index (κ2) is 4.22. The van der Waals surface area contributed by atoms with Crippen LogP contribution in [0.5, 0.6) is 0 Å². The van der Waals surface area contributed by atoms with E-state index in [1.165, 1.54) is 38.5 Å². The van der Waals surface area contributed by atoms with E-state index >= 15 is 0 Å². The van der Waals surface area contributed by atoms with Gasteiger partial charge in [-0.25, -0.2) is 4.39 Å². The highest BCUT2D eigenvalue weighted by molar-refractivity contribution is 6.21. The van der Waals surface area contributed by atoms with Crippen molar-refractivity contribution in [2.75, 3.05) is 0 Å². The number of benzene rings is 1. The maximum Gasteiger partial charge on any atom is 0.123 e. The summed E-state index contributed by atoms with van der Waals surface area (Å²) in [5, 5.41) is 0.0494. The molecule has 2 heteroatoms. The summed E-state index contributed by atoms with van der Waals surface area (Å²) in [4.78, 5) is 0. The average Bonchev–Trinajstić information content (AvgIpc) is 2.36. The van der Waals surface area contributed by atoms with Crippen molar-refractivity contribution in [2.45, 2.75) is 50.8 Å². The van der Waals surface area contributed by atoms with Gasteiger partial charge < -0.3 is 0 Å². The molecule has 1 aromatic carbocycles. The molecule has 0 aromatic heterocycles. The third-order valence-corrected chi connectivity index (χ3v) is 6.81. The van der Waals surface area contributed by atoms with Gasteiger partial charge in [0.2, 0.25) is 0 Å². The van der Waals surface area contributed by atoms with E-state index in [4.69, 9.17) is 11.6 Å². The monoisotopic (exact) mass is 292 g/mol. The van der Waals surface area contributed by atoms with Gasteiger partial charge in [0.15, 0.2) is 0 Å². The molecule has 0 amide bonds. The summed E-state index contributed by atoms with van der Waals surface area (Å²) in [5.74, 6) is 1.58. The third kappa shape index (κ3) is 1.93. The van der Waals surface area contributed by atoms with Crippen molar-refractivity contribution in [1.29, 1.82) is 0 Å². The van der Waals surface area contributed by atoms with Gasteiger partial charge in [-0.05, 0) is 78.9 Å². The summed E-state index contributed by atoms with van der Waals surface area (Å²) in [6.07, 6.45) is 8.05. The zero-order valence-corrected chi connectivity index (χ0v) is 12.8. The number of halogens is 2. The van der Waals surface area contributed by atoms with E-state index in [9.17, 15) is 4.39 Å². The molecular formula is C18H22ClF. The fourth-order valence-electron chi connectivity index (χ4n) is 6.08. The number of hydrogen-bond donors (Lipinski definition) is 0. The molecule has 0 saturated heterocycles. The first kappa shape index (κ1) is 13.1. The molecule has 4 aliphatic rings. The predicted octanol–water partition coefficient (Wildman–Crippen LogP) is 5.71. The molecule has 0 aliphatic heterocycles. The van der Waals surface area contributed by atoms with Gasteiger partial charge in [0.25, 0.3) is 0 Å².